The molecule has 1 atom stereocenters. The van der Waals surface area contributed by atoms with Gasteiger partial charge in [0, 0.05) is 39.1 Å². The third-order valence-corrected chi connectivity index (χ3v) is 4.38. The highest BCUT2D eigenvalue weighted by atomic mass is 32.1. The molecule has 2 fully saturated rings. The second-order valence-corrected chi connectivity index (χ2v) is 5.45. The van der Waals surface area contributed by atoms with Crippen LogP contribution in [0.3, 0.4) is 0 Å². The predicted molar refractivity (Wildman–Crippen MR) is 73.7 cm³/mol. The van der Waals surface area contributed by atoms with Crippen molar-refractivity contribution in [1.29, 1.82) is 0 Å². The Balaban J connectivity index is 1.90. The molecule has 7 heteroatoms. The maximum Gasteiger partial charge on any atom is 0.308 e. The smallest absolute Gasteiger partial charge is 0.308 e. The zero-order valence-corrected chi connectivity index (χ0v) is 11.8. The summed E-state index contributed by atoms with van der Waals surface area (Å²) in [6.45, 7) is 1.98. The molecular weight excluding hydrogens is 266 g/mol. The molecule has 0 aliphatic carbocycles. The minimum absolute atomic E-state index is 0.0259. The lowest BCUT2D eigenvalue weighted by atomic mass is 10.0. The van der Waals surface area contributed by atoms with Crippen molar-refractivity contribution in [2.75, 3.05) is 26.7 Å². The SMILES string of the molecule is CNC(=S)N1CCC(N2CC(C(=O)O)CC2=O)CC1. The van der Waals surface area contributed by atoms with Crippen LogP contribution >= 0.6 is 12.2 Å². The van der Waals surface area contributed by atoms with Gasteiger partial charge >= 0.3 is 5.97 Å². The average Bonchev–Trinajstić information content (AvgIpc) is 2.80. The molecule has 19 heavy (non-hydrogen) atoms. The number of thiocarbonyl (C=S) groups is 1. The Labute approximate surface area is 117 Å². The number of hydrogen-bond donors (Lipinski definition) is 2. The van der Waals surface area contributed by atoms with Gasteiger partial charge in [0.2, 0.25) is 5.91 Å². The van der Waals surface area contributed by atoms with Gasteiger partial charge in [-0.1, -0.05) is 0 Å². The molecule has 0 aromatic heterocycles. The molecule has 0 radical (unpaired) electrons. The van der Waals surface area contributed by atoms with Gasteiger partial charge in [-0.2, -0.15) is 0 Å². The number of likely N-dealkylation sites (tertiary alicyclic amines) is 2. The highest BCUT2D eigenvalue weighted by molar-refractivity contribution is 7.80. The number of nitrogens with one attached hydrogen (secondary N) is 1. The van der Waals surface area contributed by atoms with Crippen LogP contribution in [0.15, 0.2) is 0 Å². The second kappa shape index (κ2) is 5.73. The van der Waals surface area contributed by atoms with Crippen LogP contribution in [0.25, 0.3) is 0 Å². The number of carbonyl (C=O) groups is 2. The predicted octanol–water partition coefficient (Wildman–Crippen LogP) is -0.112. The molecule has 0 saturated carbocycles. The molecule has 1 amide bonds. The van der Waals surface area contributed by atoms with Crippen LogP contribution in [0.5, 0.6) is 0 Å². The zero-order chi connectivity index (χ0) is 14.0. The lowest BCUT2D eigenvalue weighted by Gasteiger charge is -2.37. The zero-order valence-electron chi connectivity index (χ0n) is 11.0. The highest BCUT2D eigenvalue weighted by Crippen LogP contribution is 2.25. The van der Waals surface area contributed by atoms with Crippen molar-refractivity contribution < 1.29 is 14.7 Å². The Bertz CT molecular complexity index is 394. The number of nitrogens with zero attached hydrogens (tertiary/aromatic N) is 2. The van der Waals surface area contributed by atoms with E-state index in [1.807, 2.05) is 0 Å². The summed E-state index contributed by atoms with van der Waals surface area (Å²) in [4.78, 5) is 26.6. The maximum absolute atomic E-state index is 11.9. The topological polar surface area (TPSA) is 72.9 Å². The van der Waals surface area contributed by atoms with E-state index < -0.39 is 11.9 Å². The number of carboxylic acids is 1. The number of piperidine rings is 1. The Kier molecular flexibility index (Phi) is 4.24. The molecule has 0 aromatic rings. The summed E-state index contributed by atoms with van der Waals surface area (Å²) in [5.41, 5.74) is 0. The fourth-order valence-electron chi connectivity index (χ4n) is 2.79. The number of carbonyl (C=O) groups excluding carboxylic acids is 1. The fraction of sp³-hybridized carbons (Fsp3) is 0.750. The molecule has 2 saturated heterocycles. The van der Waals surface area contributed by atoms with Gasteiger partial charge in [-0.15, -0.1) is 0 Å². The van der Waals surface area contributed by atoms with Gasteiger partial charge in [-0.25, -0.2) is 0 Å². The Morgan fingerprint density at radius 3 is 2.53 bits per heavy atom. The van der Waals surface area contributed by atoms with E-state index in [0.29, 0.717) is 6.54 Å². The van der Waals surface area contributed by atoms with E-state index in [-0.39, 0.29) is 18.4 Å². The summed E-state index contributed by atoms with van der Waals surface area (Å²) in [6.07, 6.45) is 1.84. The van der Waals surface area contributed by atoms with Crippen LogP contribution in [-0.2, 0) is 9.59 Å². The van der Waals surface area contributed by atoms with Gasteiger partial charge in [0.15, 0.2) is 5.11 Å². The van der Waals surface area contributed by atoms with E-state index in [1.165, 1.54) is 0 Å². The van der Waals surface area contributed by atoms with Gasteiger partial charge in [-0.3, -0.25) is 9.59 Å². The van der Waals surface area contributed by atoms with Gasteiger partial charge in [-0.05, 0) is 25.1 Å². The Morgan fingerprint density at radius 2 is 2.05 bits per heavy atom. The third-order valence-electron chi connectivity index (χ3n) is 3.91. The quantitative estimate of drug-likeness (QED) is 0.690. The first kappa shape index (κ1) is 14.0. The monoisotopic (exact) mass is 285 g/mol. The van der Waals surface area contributed by atoms with Gasteiger partial charge in [0.1, 0.15) is 0 Å². The summed E-state index contributed by atoms with van der Waals surface area (Å²) in [5, 5.41) is 12.7. The molecule has 2 aliphatic heterocycles. The first-order chi connectivity index (χ1) is 9.02. The van der Waals surface area contributed by atoms with Crippen LogP contribution in [0.2, 0.25) is 0 Å². The van der Waals surface area contributed by atoms with Crippen molar-refractivity contribution in [3.63, 3.8) is 0 Å². The molecule has 2 N–H and O–H groups in total. The number of amides is 1. The first-order valence-corrected chi connectivity index (χ1v) is 6.92. The van der Waals surface area contributed by atoms with Crippen LogP contribution in [0, 0.1) is 5.92 Å². The second-order valence-electron chi connectivity index (χ2n) is 5.06. The third kappa shape index (κ3) is 2.97. The van der Waals surface area contributed by atoms with Crippen LogP contribution in [0.1, 0.15) is 19.3 Å². The Morgan fingerprint density at radius 1 is 1.42 bits per heavy atom. The lowest BCUT2D eigenvalue weighted by Crippen LogP contribution is -2.49. The molecule has 1 unspecified atom stereocenters. The van der Waals surface area contributed by atoms with Crippen molar-refractivity contribution in [2.24, 2.45) is 5.92 Å². The van der Waals surface area contributed by atoms with E-state index in [2.05, 4.69) is 10.2 Å². The average molecular weight is 285 g/mol. The molecule has 6 nitrogen and oxygen atoms in total. The fourth-order valence-corrected chi connectivity index (χ4v) is 2.97. The minimum Gasteiger partial charge on any atom is -0.481 e. The summed E-state index contributed by atoms with van der Waals surface area (Å²) in [5.74, 6) is -1.43. The van der Waals surface area contributed by atoms with Crippen LogP contribution < -0.4 is 5.32 Å². The lowest BCUT2D eigenvalue weighted by molar-refractivity contribution is -0.141. The summed E-state index contributed by atoms with van der Waals surface area (Å²) in [7, 11) is 1.80. The largest absolute Gasteiger partial charge is 0.481 e. The molecule has 0 bridgehead atoms. The number of hydrogen-bond acceptors (Lipinski definition) is 3. The highest BCUT2D eigenvalue weighted by Gasteiger charge is 2.38. The van der Waals surface area contributed by atoms with Crippen molar-refractivity contribution >= 4 is 29.2 Å². The van der Waals surface area contributed by atoms with Crippen molar-refractivity contribution in [3.8, 4) is 0 Å². The molecule has 106 valence electrons. The van der Waals surface area contributed by atoms with E-state index in [1.54, 1.807) is 11.9 Å². The molecule has 2 aliphatic rings. The van der Waals surface area contributed by atoms with Crippen molar-refractivity contribution in [1.82, 2.24) is 15.1 Å². The number of carboxylic acid groups (broad SMARTS) is 1. The molecule has 0 spiro atoms. The standard InChI is InChI=1S/C12H19N3O3S/c1-13-12(19)14-4-2-9(3-5-14)15-7-8(11(17)18)6-10(15)16/h8-9H,2-7H2,1H3,(H,13,19)(H,17,18). The molecule has 2 rings (SSSR count). The number of rotatable bonds is 2. The van der Waals surface area contributed by atoms with Gasteiger partial charge in [0.25, 0.3) is 0 Å². The molecule has 0 aromatic carbocycles. The van der Waals surface area contributed by atoms with E-state index >= 15 is 0 Å². The summed E-state index contributed by atoms with van der Waals surface area (Å²) in [6, 6.07) is 0.160. The van der Waals surface area contributed by atoms with Gasteiger partial charge in [0.05, 0.1) is 5.92 Å². The molecular formula is C12H19N3O3S. The summed E-state index contributed by atoms with van der Waals surface area (Å²) >= 11 is 5.18. The Hall–Kier alpha value is -1.37. The van der Waals surface area contributed by atoms with E-state index in [0.717, 1.165) is 31.0 Å². The summed E-state index contributed by atoms with van der Waals surface area (Å²) < 4.78 is 0. The minimum atomic E-state index is -0.871. The van der Waals surface area contributed by atoms with E-state index in [4.69, 9.17) is 17.3 Å². The van der Waals surface area contributed by atoms with Crippen molar-refractivity contribution in [3.05, 3.63) is 0 Å². The van der Waals surface area contributed by atoms with E-state index in [9.17, 15) is 9.59 Å². The molecule has 2 heterocycles. The first-order valence-electron chi connectivity index (χ1n) is 6.52. The maximum atomic E-state index is 11.9. The van der Waals surface area contributed by atoms with Crippen LogP contribution in [-0.4, -0.2) is 64.6 Å². The normalized spacial score (nSPS) is 24.7. The number of aliphatic carboxylic acids is 1. The van der Waals surface area contributed by atoms with Crippen LogP contribution in [0.4, 0.5) is 0 Å². The van der Waals surface area contributed by atoms with Gasteiger partial charge < -0.3 is 20.2 Å². The van der Waals surface area contributed by atoms with Crippen molar-refractivity contribution in [2.45, 2.75) is 25.3 Å².